The lowest BCUT2D eigenvalue weighted by Gasteiger charge is -2.02. The highest BCUT2D eigenvalue weighted by molar-refractivity contribution is 6.04. The Morgan fingerprint density at radius 1 is 1.36 bits per heavy atom. The molecule has 0 bridgehead atoms. The van der Waals surface area contributed by atoms with E-state index in [2.05, 4.69) is 18.0 Å². The fraction of sp³-hybridized carbons (Fsp3) is 0.300. The fourth-order valence-electron chi connectivity index (χ4n) is 0.812. The number of hydrogen-bond acceptors (Lipinski definition) is 2. The van der Waals surface area contributed by atoms with Gasteiger partial charge in [0, 0.05) is 6.54 Å². The lowest BCUT2D eigenvalue weighted by atomic mass is 10.2. The molecule has 0 unspecified atom stereocenters. The van der Waals surface area contributed by atoms with Crippen LogP contribution < -0.4 is 5.32 Å². The Bertz CT molecular complexity index is 252. The summed E-state index contributed by atoms with van der Waals surface area (Å²) in [7, 11) is 4.62. The van der Waals surface area contributed by atoms with E-state index in [-0.39, 0.29) is 0 Å². The first-order chi connectivity index (χ1) is 6.83. The van der Waals surface area contributed by atoms with Crippen molar-refractivity contribution in [2.24, 2.45) is 0 Å². The molecule has 0 spiro atoms. The molecule has 1 amide bonds. The van der Waals surface area contributed by atoms with Crippen LogP contribution in [0.4, 0.5) is 4.79 Å². The van der Waals surface area contributed by atoms with Crippen LogP contribution in [0.15, 0.2) is 30.3 Å². The summed E-state index contributed by atoms with van der Waals surface area (Å²) < 4.78 is 3.92. The zero-order valence-electron chi connectivity index (χ0n) is 8.49. The second kappa shape index (κ2) is 8.17. The van der Waals surface area contributed by atoms with Gasteiger partial charge in [0.1, 0.15) is 0 Å². The van der Waals surface area contributed by atoms with Crippen molar-refractivity contribution >= 4 is 14.1 Å². The largest absolute Gasteiger partial charge is 0.528 e. The molecule has 0 atom stereocenters. The van der Waals surface area contributed by atoms with Crippen LogP contribution in [-0.2, 0) is 11.2 Å². The monoisotopic (exact) mass is 191 g/mol. The smallest absolute Gasteiger partial charge is 0.388 e. The highest BCUT2D eigenvalue weighted by atomic mass is 16.5. The van der Waals surface area contributed by atoms with E-state index in [1.165, 1.54) is 0 Å². The Labute approximate surface area is 85.9 Å². The number of carbonyl (C=O) groups excluding carboxylic acids is 1. The van der Waals surface area contributed by atoms with Gasteiger partial charge in [-0.3, -0.25) is 0 Å². The second-order valence-electron chi connectivity index (χ2n) is 2.24. The summed E-state index contributed by atoms with van der Waals surface area (Å²) in [6.07, 6.45) is -0.626. The standard InChI is InChI=1S/C8H8BNO2.C2H6/c9-12-8(11)10-6-7-4-2-1-3-5-7;1-2/h1-5H,6H2,(H,10,11);1-2H3. The predicted molar refractivity (Wildman–Crippen MR) is 56.9 cm³/mol. The zero-order chi connectivity index (χ0) is 10.8. The molecule has 0 aromatic heterocycles. The van der Waals surface area contributed by atoms with Crippen molar-refractivity contribution in [3.63, 3.8) is 0 Å². The van der Waals surface area contributed by atoms with Gasteiger partial charge in [0.05, 0.1) is 0 Å². The average Bonchev–Trinajstić information content (AvgIpc) is 2.30. The molecule has 0 fully saturated rings. The van der Waals surface area contributed by atoms with Gasteiger partial charge in [-0.2, -0.15) is 0 Å². The van der Waals surface area contributed by atoms with E-state index in [0.717, 1.165) is 5.56 Å². The predicted octanol–water partition coefficient (Wildman–Crippen LogP) is 2.02. The number of amides is 1. The lowest BCUT2D eigenvalue weighted by Crippen LogP contribution is -2.22. The van der Waals surface area contributed by atoms with Crippen LogP contribution in [0.1, 0.15) is 19.4 Å². The number of nitrogens with one attached hydrogen (secondary N) is 1. The Balaban J connectivity index is 0.000000791. The van der Waals surface area contributed by atoms with Crippen LogP contribution >= 0.6 is 0 Å². The molecule has 0 aliphatic rings. The van der Waals surface area contributed by atoms with Gasteiger partial charge in [-0.1, -0.05) is 44.2 Å². The van der Waals surface area contributed by atoms with Gasteiger partial charge in [0.15, 0.2) is 0 Å². The summed E-state index contributed by atoms with van der Waals surface area (Å²) in [6.45, 7) is 4.43. The fourth-order valence-corrected chi connectivity index (χ4v) is 0.812. The third-order valence-corrected chi connectivity index (χ3v) is 1.39. The van der Waals surface area contributed by atoms with Crippen molar-refractivity contribution in [3.05, 3.63) is 35.9 Å². The molecule has 1 N–H and O–H groups in total. The van der Waals surface area contributed by atoms with Crippen LogP contribution in [0.3, 0.4) is 0 Å². The second-order valence-corrected chi connectivity index (χ2v) is 2.24. The molecule has 0 heterocycles. The van der Waals surface area contributed by atoms with Gasteiger partial charge in [0.25, 0.3) is 0 Å². The van der Waals surface area contributed by atoms with E-state index in [4.69, 9.17) is 0 Å². The van der Waals surface area contributed by atoms with Crippen LogP contribution in [0.25, 0.3) is 0 Å². The van der Waals surface area contributed by atoms with Crippen molar-refractivity contribution < 1.29 is 9.45 Å². The molecule has 0 aliphatic heterocycles. The summed E-state index contributed by atoms with van der Waals surface area (Å²) in [5.41, 5.74) is 1.00. The molecular formula is C10H14BNO2. The third-order valence-electron chi connectivity index (χ3n) is 1.39. The van der Waals surface area contributed by atoms with Crippen LogP contribution in [0, 0.1) is 0 Å². The van der Waals surface area contributed by atoms with Crippen molar-refractivity contribution in [1.82, 2.24) is 5.32 Å². The Hall–Kier alpha value is -1.45. The van der Waals surface area contributed by atoms with E-state index < -0.39 is 6.09 Å². The third kappa shape index (κ3) is 5.24. The highest BCUT2D eigenvalue weighted by Gasteiger charge is 1.96. The first-order valence-electron chi connectivity index (χ1n) is 4.51. The van der Waals surface area contributed by atoms with E-state index >= 15 is 0 Å². The number of carbonyl (C=O) groups is 1. The molecular weight excluding hydrogens is 177 g/mol. The van der Waals surface area contributed by atoms with E-state index in [9.17, 15) is 4.79 Å². The highest BCUT2D eigenvalue weighted by Crippen LogP contribution is 1.96. The van der Waals surface area contributed by atoms with Gasteiger partial charge in [-0.25, -0.2) is 4.79 Å². The topological polar surface area (TPSA) is 38.3 Å². The molecule has 1 aromatic rings. The number of hydrogen-bond donors (Lipinski definition) is 1. The van der Waals surface area contributed by atoms with Crippen molar-refractivity contribution in [2.45, 2.75) is 20.4 Å². The Morgan fingerprint density at radius 3 is 2.43 bits per heavy atom. The normalized spacial score (nSPS) is 8.14. The Morgan fingerprint density at radius 2 is 1.93 bits per heavy atom. The summed E-state index contributed by atoms with van der Waals surface area (Å²) in [5.74, 6) is 0. The van der Waals surface area contributed by atoms with Crippen molar-refractivity contribution in [2.75, 3.05) is 0 Å². The Kier molecular flexibility index (Phi) is 7.32. The summed E-state index contributed by atoms with van der Waals surface area (Å²) in [6, 6.07) is 9.49. The molecule has 1 rings (SSSR count). The van der Waals surface area contributed by atoms with Gasteiger partial charge in [-0.15, -0.1) is 0 Å². The SMILES string of the molecule is CC.[B]OC(=O)NCc1ccccc1. The van der Waals surface area contributed by atoms with Gasteiger partial charge in [-0.05, 0) is 5.56 Å². The van der Waals surface area contributed by atoms with Gasteiger partial charge < -0.3 is 9.97 Å². The summed E-state index contributed by atoms with van der Waals surface area (Å²) >= 11 is 0. The minimum absolute atomic E-state index is 0.427. The minimum atomic E-state index is -0.626. The van der Waals surface area contributed by atoms with Gasteiger partial charge in [0.2, 0.25) is 0 Å². The molecule has 0 saturated carbocycles. The van der Waals surface area contributed by atoms with Crippen LogP contribution in [-0.4, -0.2) is 14.1 Å². The first-order valence-corrected chi connectivity index (χ1v) is 4.51. The van der Waals surface area contributed by atoms with Crippen molar-refractivity contribution in [1.29, 1.82) is 0 Å². The summed E-state index contributed by atoms with van der Waals surface area (Å²) in [5, 5.41) is 2.46. The summed E-state index contributed by atoms with van der Waals surface area (Å²) in [4.78, 5) is 10.5. The molecule has 14 heavy (non-hydrogen) atoms. The maximum absolute atomic E-state index is 10.5. The molecule has 1 aromatic carbocycles. The number of rotatable bonds is 2. The molecule has 4 heteroatoms. The van der Waals surface area contributed by atoms with E-state index in [0.29, 0.717) is 6.54 Å². The maximum atomic E-state index is 10.5. The van der Waals surface area contributed by atoms with E-state index in [1.54, 1.807) is 0 Å². The van der Waals surface area contributed by atoms with Crippen molar-refractivity contribution in [3.8, 4) is 0 Å². The average molecular weight is 191 g/mol. The molecule has 2 radical (unpaired) electrons. The van der Waals surface area contributed by atoms with E-state index in [1.807, 2.05) is 44.2 Å². The molecule has 74 valence electrons. The number of benzene rings is 1. The first kappa shape index (κ1) is 12.6. The van der Waals surface area contributed by atoms with Crippen LogP contribution in [0.5, 0.6) is 0 Å². The zero-order valence-corrected chi connectivity index (χ0v) is 8.49. The molecule has 3 nitrogen and oxygen atoms in total. The molecule has 0 aliphatic carbocycles. The minimum Gasteiger partial charge on any atom is -0.528 e. The van der Waals surface area contributed by atoms with Crippen LogP contribution in [0.2, 0.25) is 0 Å². The quantitative estimate of drug-likeness (QED) is 0.726. The molecule has 0 saturated heterocycles. The van der Waals surface area contributed by atoms with Gasteiger partial charge >= 0.3 is 14.1 Å². The lowest BCUT2D eigenvalue weighted by molar-refractivity contribution is 0.204. The maximum Gasteiger partial charge on any atom is 0.388 e.